The van der Waals surface area contributed by atoms with Gasteiger partial charge in [-0.25, -0.2) is 4.39 Å². The van der Waals surface area contributed by atoms with E-state index in [0.717, 1.165) is 0 Å². The SMILES string of the molecule is CC(CO)C(C)NC(=O)c1c(F)cccc1Br. The lowest BCUT2D eigenvalue weighted by Crippen LogP contribution is -2.38. The number of hydrogen-bond donors (Lipinski definition) is 2. The molecule has 0 saturated carbocycles. The number of carbonyl (C=O) groups excluding carboxylic acids is 1. The summed E-state index contributed by atoms with van der Waals surface area (Å²) in [4.78, 5) is 11.9. The van der Waals surface area contributed by atoms with Crippen molar-refractivity contribution >= 4 is 21.8 Å². The molecule has 0 heterocycles. The molecular formula is C12H15BrFNO2. The molecule has 0 aliphatic rings. The van der Waals surface area contributed by atoms with Crippen molar-refractivity contribution in [2.75, 3.05) is 6.61 Å². The Kier molecular flexibility index (Phi) is 5.08. The maximum Gasteiger partial charge on any atom is 0.255 e. The molecule has 0 aliphatic carbocycles. The second kappa shape index (κ2) is 6.12. The smallest absolute Gasteiger partial charge is 0.255 e. The van der Waals surface area contributed by atoms with Gasteiger partial charge in [-0.2, -0.15) is 0 Å². The van der Waals surface area contributed by atoms with Crippen molar-refractivity contribution in [3.8, 4) is 0 Å². The van der Waals surface area contributed by atoms with Crippen LogP contribution in [-0.4, -0.2) is 23.7 Å². The molecule has 2 unspecified atom stereocenters. The quantitative estimate of drug-likeness (QED) is 0.897. The molecule has 0 radical (unpaired) electrons. The fourth-order valence-corrected chi connectivity index (χ4v) is 1.82. The average Bonchev–Trinajstić information content (AvgIpc) is 2.27. The molecule has 1 rings (SSSR count). The second-order valence-corrected chi connectivity index (χ2v) is 4.87. The molecule has 0 saturated heterocycles. The van der Waals surface area contributed by atoms with Crippen LogP contribution in [0.4, 0.5) is 4.39 Å². The van der Waals surface area contributed by atoms with E-state index in [2.05, 4.69) is 21.2 Å². The fourth-order valence-electron chi connectivity index (χ4n) is 1.29. The zero-order chi connectivity index (χ0) is 13.0. The predicted octanol–water partition coefficient (Wildman–Crippen LogP) is 2.33. The number of rotatable bonds is 4. The summed E-state index contributed by atoms with van der Waals surface area (Å²) < 4.78 is 13.9. The Balaban J connectivity index is 2.84. The largest absolute Gasteiger partial charge is 0.396 e. The molecule has 0 spiro atoms. The first-order valence-corrected chi connectivity index (χ1v) is 6.12. The minimum absolute atomic E-state index is 0.00973. The minimum atomic E-state index is -0.569. The first-order valence-electron chi connectivity index (χ1n) is 5.33. The summed E-state index contributed by atoms with van der Waals surface area (Å²) in [5.74, 6) is -1.13. The highest BCUT2D eigenvalue weighted by Crippen LogP contribution is 2.19. The van der Waals surface area contributed by atoms with Crippen LogP contribution in [0.25, 0.3) is 0 Å². The molecule has 1 amide bonds. The first kappa shape index (κ1) is 14.1. The van der Waals surface area contributed by atoms with Gasteiger partial charge in [-0.05, 0) is 40.9 Å². The normalized spacial score (nSPS) is 14.2. The highest BCUT2D eigenvalue weighted by molar-refractivity contribution is 9.10. The van der Waals surface area contributed by atoms with E-state index >= 15 is 0 Å². The van der Waals surface area contributed by atoms with E-state index in [9.17, 15) is 9.18 Å². The summed E-state index contributed by atoms with van der Waals surface area (Å²) in [6.45, 7) is 3.55. The van der Waals surface area contributed by atoms with Crippen molar-refractivity contribution in [1.29, 1.82) is 0 Å². The van der Waals surface area contributed by atoms with Crippen LogP contribution < -0.4 is 5.32 Å². The number of halogens is 2. The van der Waals surface area contributed by atoms with Gasteiger partial charge in [-0.3, -0.25) is 4.79 Å². The third-order valence-corrected chi connectivity index (χ3v) is 3.35. The summed E-state index contributed by atoms with van der Waals surface area (Å²) in [6.07, 6.45) is 0. The molecule has 5 heteroatoms. The Morgan fingerprint density at radius 2 is 2.18 bits per heavy atom. The third-order valence-electron chi connectivity index (χ3n) is 2.69. The third kappa shape index (κ3) is 3.51. The maximum atomic E-state index is 13.5. The van der Waals surface area contributed by atoms with Gasteiger partial charge in [0, 0.05) is 17.1 Å². The lowest BCUT2D eigenvalue weighted by molar-refractivity contribution is 0.0911. The number of hydrogen-bond acceptors (Lipinski definition) is 2. The molecule has 2 atom stereocenters. The predicted molar refractivity (Wildman–Crippen MR) is 67.3 cm³/mol. The van der Waals surface area contributed by atoms with Crippen LogP contribution in [0.2, 0.25) is 0 Å². The Hall–Kier alpha value is -0.940. The molecule has 0 bridgehead atoms. The summed E-state index contributed by atoms with van der Waals surface area (Å²) in [5.41, 5.74) is -0.00973. The Bertz CT molecular complexity index is 391. The van der Waals surface area contributed by atoms with Crippen LogP contribution in [-0.2, 0) is 0 Å². The number of nitrogens with one attached hydrogen (secondary N) is 1. The zero-order valence-electron chi connectivity index (χ0n) is 9.71. The molecule has 3 nitrogen and oxygen atoms in total. The van der Waals surface area contributed by atoms with Crippen molar-refractivity contribution in [1.82, 2.24) is 5.32 Å². The van der Waals surface area contributed by atoms with Gasteiger partial charge < -0.3 is 10.4 Å². The van der Waals surface area contributed by atoms with Crippen LogP contribution in [0.15, 0.2) is 22.7 Å². The fraction of sp³-hybridized carbons (Fsp3) is 0.417. The van der Waals surface area contributed by atoms with Crippen molar-refractivity contribution < 1.29 is 14.3 Å². The molecule has 0 aromatic heterocycles. The lowest BCUT2D eigenvalue weighted by atomic mass is 10.0. The summed E-state index contributed by atoms with van der Waals surface area (Å²) in [6, 6.07) is 4.15. The zero-order valence-corrected chi connectivity index (χ0v) is 11.3. The molecule has 2 N–H and O–H groups in total. The van der Waals surface area contributed by atoms with E-state index in [0.29, 0.717) is 4.47 Å². The number of amides is 1. The number of carbonyl (C=O) groups is 1. The van der Waals surface area contributed by atoms with Crippen LogP contribution in [0, 0.1) is 11.7 Å². The van der Waals surface area contributed by atoms with E-state index < -0.39 is 11.7 Å². The van der Waals surface area contributed by atoms with E-state index in [-0.39, 0.29) is 24.1 Å². The van der Waals surface area contributed by atoms with Gasteiger partial charge in [-0.1, -0.05) is 13.0 Å². The van der Waals surface area contributed by atoms with E-state index in [1.807, 2.05) is 0 Å². The Morgan fingerprint density at radius 3 is 2.71 bits per heavy atom. The summed E-state index contributed by atoms with van der Waals surface area (Å²) in [5, 5.41) is 11.6. The van der Waals surface area contributed by atoms with Gasteiger partial charge in [0.25, 0.3) is 5.91 Å². The Labute approximate surface area is 108 Å². The highest BCUT2D eigenvalue weighted by Gasteiger charge is 2.19. The van der Waals surface area contributed by atoms with Crippen LogP contribution in [0.1, 0.15) is 24.2 Å². The van der Waals surface area contributed by atoms with Gasteiger partial charge in [0.2, 0.25) is 0 Å². The molecule has 17 heavy (non-hydrogen) atoms. The van der Waals surface area contributed by atoms with Crippen molar-refractivity contribution in [3.63, 3.8) is 0 Å². The monoisotopic (exact) mass is 303 g/mol. The number of aliphatic hydroxyl groups is 1. The first-order chi connectivity index (χ1) is 7.97. The molecule has 0 fully saturated rings. The van der Waals surface area contributed by atoms with Crippen molar-refractivity contribution in [2.45, 2.75) is 19.9 Å². The summed E-state index contributed by atoms with van der Waals surface area (Å²) in [7, 11) is 0. The van der Waals surface area contributed by atoms with E-state index in [4.69, 9.17) is 5.11 Å². The Morgan fingerprint density at radius 1 is 1.53 bits per heavy atom. The standard InChI is InChI=1S/C12H15BrFNO2/c1-7(6-16)8(2)15-12(17)11-9(13)4-3-5-10(11)14/h3-5,7-8,16H,6H2,1-2H3,(H,15,17). The summed E-state index contributed by atoms with van der Waals surface area (Å²) >= 11 is 3.14. The second-order valence-electron chi connectivity index (χ2n) is 4.02. The van der Waals surface area contributed by atoms with Crippen molar-refractivity contribution in [3.05, 3.63) is 34.1 Å². The molecule has 94 valence electrons. The average molecular weight is 304 g/mol. The molecule has 1 aromatic carbocycles. The minimum Gasteiger partial charge on any atom is -0.396 e. The molecule has 1 aromatic rings. The van der Waals surface area contributed by atoms with Crippen LogP contribution >= 0.6 is 15.9 Å². The van der Waals surface area contributed by atoms with Gasteiger partial charge in [-0.15, -0.1) is 0 Å². The molecule has 0 aliphatic heterocycles. The van der Waals surface area contributed by atoms with Crippen molar-refractivity contribution in [2.24, 2.45) is 5.92 Å². The van der Waals surface area contributed by atoms with Gasteiger partial charge in [0.15, 0.2) is 0 Å². The number of aliphatic hydroxyl groups excluding tert-OH is 1. The van der Waals surface area contributed by atoms with Crippen LogP contribution in [0.5, 0.6) is 0 Å². The molecular weight excluding hydrogens is 289 g/mol. The van der Waals surface area contributed by atoms with Gasteiger partial charge in [0.05, 0.1) is 5.56 Å². The highest BCUT2D eigenvalue weighted by atomic mass is 79.9. The van der Waals surface area contributed by atoms with Gasteiger partial charge >= 0.3 is 0 Å². The topological polar surface area (TPSA) is 49.3 Å². The van der Waals surface area contributed by atoms with Gasteiger partial charge in [0.1, 0.15) is 5.82 Å². The maximum absolute atomic E-state index is 13.5. The lowest BCUT2D eigenvalue weighted by Gasteiger charge is -2.19. The van der Waals surface area contributed by atoms with E-state index in [1.165, 1.54) is 12.1 Å². The number of benzene rings is 1. The van der Waals surface area contributed by atoms with E-state index in [1.54, 1.807) is 19.9 Å². The van der Waals surface area contributed by atoms with Crippen LogP contribution in [0.3, 0.4) is 0 Å².